The van der Waals surface area contributed by atoms with E-state index in [-0.39, 0.29) is 32.2 Å². The Morgan fingerprint density at radius 2 is 1.94 bits per heavy atom. The van der Waals surface area contributed by atoms with Crippen LogP contribution in [0.3, 0.4) is 0 Å². The third kappa shape index (κ3) is 3.69. The summed E-state index contributed by atoms with van der Waals surface area (Å²) in [5, 5.41) is 17.8. The molecule has 1 amide bonds. The van der Waals surface area contributed by atoms with Crippen LogP contribution in [0.5, 0.6) is 5.75 Å². The molecule has 6 heteroatoms. The summed E-state index contributed by atoms with van der Waals surface area (Å²) >= 11 is 3.30. The molecule has 0 saturated heterocycles. The van der Waals surface area contributed by atoms with Gasteiger partial charge in [0.2, 0.25) is 0 Å². The summed E-state index contributed by atoms with van der Waals surface area (Å²) < 4.78 is 5.96. The van der Waals surface area contributed by atoms with Crippen LogP contribution in [0.1, 0.15) is 10.4 Å². The second kappa shape index (κ2) is 7.35. The molecule has 0 aliphatic rings. The normalized spacial score (nSPS) is 10.2. The van der Waals surface area contributed by atoms with Crippen LogP contribution in [0, 0.1) is 0 Å². The maximum Gasteiger partial charge on any atom is 0.257 e. The van der Waals surface area contributed by atoms with Gasteiger partial charge < -0.3 is 19.8 Å². The molecular weight excluding hydrogens is 302 g/mol. The number of hydrogen-bond donors (Lipinski definition) is 2. The number of ether oxygens (including phenoxy) is 1. The minimum atomic E-state index is -0.276. The average molecular weight is 318 g/mol. The Morgan fingerprint density at radius 1 is 1.33 bits per heavy atom. The van der Waals surface area contributed by atoms with Crippen LogP contribution < -0.4 is 4.74 Å². The molecule has 2 N–H and O–H groups in total. The van der Waals surface area contributed by atoms with E-state index in [0.717, 1.165) is 4.47 Å². The molecule has 0 aromatic heterocycles. The van der Waals surface area contributed by atoms with Gasteiger partial charge in [0, 0.05) is 17.6 Å². The van der Waals surface area contributed by atoms with Crippen LogP contribution in [0.2, 0.25) is 0 Å². The Balaban J connectivity index is 3.00. The number of rotatable bonds is 6. The van der Waals surface area contributed by atoms with Crippen LogP contribution >= 0.6 is 15.9 Å². The van der Waals surface area contributed by atoms with Crippen molar-refractivity contribution in [2.45, 2.75) is 0 Å². The lowest BCUT2D eigenvalue weighted by molar-refractivity contribution is 0.0681. The molecule has 0 bridgehead atoms. The van der Waals surface area contributed by atoms with Gasteiger partial charge in [0.1, 0.15) is 5.75 Å². The van der Waals surface area contributed by atoms with Crippen LogP contribution in [-0.2, 0) is 0 Å². The Hall–Kier alpha value is -1.11. The molecule has 0 aliphatic carbocycles. The predicted molar refractivity (Wildman–Crippen MR) is 70.8 cm³/mol. The largest absolute Gasteiger partial charge is 0.496 e. The molecule has 0 fully saturated rings. The molecule has 0 atom stereocenters. The number of carbonyl (C=O) groups excluding carboxylic acids is 1. The SMILES string of the molecule is COc1cc(Br)ccc1C(=O)N(CCO)CCO. The maximum absolute atomic E-state index is 12.2. The van der Waals surface area contributed by atoms with Crippen LogP contribution in [-0.4, -0.2) is 54.4 Å². The number of nitrogens with zero attached hydrogens (tertiary/aromatic N) is 1. The van der Waals surface area contributed by atoms with Crippen molar-refractivity contribution < 1.29 is 19.7 Å². The Bertz CT molecular complexity index is 405. The lowest BCUT2D eigenvalue weighted by atomic mass is 10.1. The highest BCUT2D eigenvalue weighted by Crippen LogP contribution is 2.24. The van der Waals surface area contributed by atoms with Crippen molar-refractivity contribution in [3.8, 4) is 5.75 Å². The second-order valence-electron chi connectivity index (χ2n) is 3.58. The third-order valence-electron chi connectivity index (χ3n) is 2.42. The van der Waals surface area contributed by atoms with E-state index in [1.54, 1.807) is 18.2 Å². The minimum Gasteiger partial charge on any atom is -0.496 e. The zero-order valence-electron chi connectivity index (χ0n) is 10.1. The number of hydrogen-bond acceptors (Lipinski definition) is 4. The fourth-order valence-electron chi connectivity index (χ4n) is 1.57. The zero-order chi connectivity index (χ0) is 13.5. The number of aliphatic hydroxyl groups excluding tert-OH is 2. The standard InChI is InChI=1S/C12H16BrNO4/c1-18-11-8-9(13)2-3-10(11)12(17)14(4-6-15)5-7-16/h2-3,8,15-16H,4-7H2,1H3. The van der Waals surface area contributed by atoms with E-state index in [2.05, 4.69) is 15.9 Å². The van der Waals surface area contributed by atoms with E-state index < -0.39 is 0 Å². The maximum atomic E-state index is 12.2. The summed E-state index contributed by atoms with van der Waals surface area (Å²) in [6, 6.07) is 5.09. The van der Waals surface area contributed by atoms with Gasteiger partial charge in [0.05, 0.1) is 25.9 Å². The van der Waals surface area contributed by atoms with E-state index in [1.165, 1.54) is 12.0 Å². The van der Waals surface area contributed by atoms with Gasteiger partial charge in [-0.1, -0.05) is 15.9 Å². The lowest BCUT2D eigenvalue weighted by Gasteiger charge is -2.21. The number of methoxy groups -OCH3 is 1. The van der Waals surface area contributed by atoms with Crippen LogP contribution in [0.15, 0.2) is 22.7 Å². The van der Waals surface area contributed by atoms with Crippen molar-refractivity contribution in [2.75, 3.05) is 33.4 Å². The summed E-state index contributed by atoms with van der Waals surface area (Å²) in [6.07, 6.45) is 0. The van der Waals surface area contributed by atoms with Gasteiger partial charge in [-0.15, -0.1) is 0 Å². The summed E-state index contributed by atoms with van der Waals surface area (Å²) in [4.78, 5) is 13.6. The monoisotopic (exact) mass is 317 g/mol. The van der Waals surface area contributed by atoms with Crippen molar-refractivity contribution in [3.63, 3.8) is 0 Å². The third-order valence-corrected chi connectivity index (χ3v) is 2.91. The van der Waals surface area contributed by atoms with Crippen molar-refractivity contribution in [1.29, 1.82) is 0 Å². The molecule has 1 aromatic rings. The molecule has 0 heterocycles. The summed E-state index contributed by atoms with van der Waals surface area (Å²) in [5.74, 6) is 0.178. The molecule has 1 rings (SSSR count). The lowest BCUT2D eigenvalue weighted by Crippen LogP contribution is -2.36. The number of halogens is 1. The molecule has 0 saturated carbocycles. The first-order valence-corrected chi connectivity index (χ1v) is 6.28. The quantitative estimate of drug-likeness (QED) is 0.817. The van der Waals surface area contributed by atoms with Gasteiger partial charge in [-0.2, -0.15) is 0 Å². The van der Waals surface area contributed by atoms with Crippen molar-refractivity contribution in [2.24, 2.45) is 0 Å². The summed E-state index contributed by atoms with van der Waals surface area (Å²) in [5.41, 5.74) is 0.405. The Labute approximate surface area is 114 Å². The van der Waals surface area contributed by atoms with E-state index in [1.807, 2.05) is 0 Å². The highest BCUT2D eigenvalue weighted by Gasteiger charge is 2.18. The highest BCUT2D eigenvalue weighted by molar-refractivity contribution is 9.10. The highest BCUT2D eigenvalue weighted by atomic mass is 79.9. The van der Waals surface area contributed by atoms with E-state index in [0.29, 0.717) is 11.3 Å². The van der Waals surface area contributed by atoms with Gasteiger partial charge in [0.25, 0.3) is 5.91 Å². The fourth-order valence-corrected chi connectivity index (χ4v) is 1.91. The van der Waals surface area contributed by atoms with Gasteiger partial charge in [-0.25, -0.2) is 0 Å². The van der Waals surface area contributed by atoms with Gasteiger partial charge in [-0.3, -0.25) is 4.79 Å². The smallest absolute Gasteiger partial charge is 0.257 e. The topological polar surface area (TPSA) is 70.0 Å². The molecule has 0 spiro atoms. The van der Waals surface area contributed by atoms with Gasteiger partial charge in [0.15, 0.2) is 0 Å². The molecule has 18 heavy (non-hydrogen) atoms. The molecule has 0 aliphatic heterocycles. The van der Waals surface area contributed by atoms with E-state index in [4.69, 9.17) is 14.9 Å². The van der Waals surface area contributed by atoms with Crippen molar-refractivity contribution in [1.82, 2.24) is 4.90 Å². The second-order valence-corrected chi connectivity index (χ2v) is 4.50. The molecule has 1 aromatic carbocycles. The van der Waals surface area contributed by atoms with E-state index >= 15 is 0 Å². The molecular formula is C12H16BrNO4. The first-order valence-electron chi connectivity index (χ1n) is 5.48. The van der Waals surface area contributed by atoms with E-state index in [9.17, 15) is 4.79 Å². The summed E-state index contributed by atoms with van der Waals surface area (Å²) in [7, 11) is 1.49. The molecule has 5 nitrogen and oxygen atoms in total. The van der Waals surface area contributed by atoms with Gasteiger partial charge >= 0.3 is 0 Å². The number of carbonyl (C=O) groups is 1. The van der Waals surface area contributed by atoms with Crippen LogP contribution in [0.4, 0.5) is 0 Å². The zero-order valence-corrected chi connectivity index (χ0v) is 11.7. The predicted octanol–water partition coefficient (Wildman–Crippen LogP) is 0.884. The van der Waals surface area contributed by atoms with Crippen molar-refractivity contribution >= 4 is 21.8 Å². The molecule has 100 valence electrons. The minimum absolute atomic E-state index is 0.148. The first kappa shape index (κ1) is 14.9. The van der Waals surface area contributed by atoms with Crippen LogP contribution in [0.25, 0.3) is 0 Å². The summed E-state index contributed by atoms with van der Waals surface area (Å²) in [6.45, 7) is 0.0619. The Morgan fingerprint density at radius 3 is 2.44 bits per heavy atom. The van der Waals surface area contributed by atoms with Gasteiger partial charge in [-0.05, 0) is 18.2 Å². The Kier molecular flexibility index (Phi) is 6.11. The number of benzene rings is 1. The first-order chi connectivity index (χ1) is 8.63. The number of aliphatic hydroxyl groups is 2. The number of amides is 1. The molecule has 0 unspecified atom stereocenters. The van der Waals surface area contributed by atoms with Crippen molar-refractivity contribution in [3.05, 3.63) is 28.2 Å². The average Bonchev–Trinajstić information content (AvgIpc) is 2.37. The molecule has 0 radical (unpaired) electrons. The fraction of sp³-hybridized carbons (Fsp3) is 0.417.